The Morgan fingerprint density at radius 1 is 1.04 bits per heavy atom. The summed E-state index contributed by atoms with van der Waals surface area (Å²) in [7, 11) is 1.52. The molecule has 0 bridgehead atoms. The van der Waals surface area contributed by atoms with Crippen LogP contribution in [0, 0.1) is 5.82 Å². The zero-order chi connectivity index (χ0) is 17.8. The van der Waals surface area contributed by atoms with Crippen LogP contribution in [0.1, 0.15) is 20.9 Å². The number of hydrogen-bond donors (Lipinski definition) is 2. The third-order valence-corrected chi connectivity index (χ3v) is 3.46. The van der Waals surface area contributed by atoms with Gasteiger partial charge in [0, 0.05) is 29.9 Å². The van der Waals surface area contributed by atoms with Crippen molar-refractivity contribution in [1.82, 2.24) is 10.5 Å². The lowest BCUT2D eigenvalue weighted by Gasteiger charge is -2.05. The zero-order valence-corrected chi connectivity index (χ0v) is 13.2. The van der Waals surface area contributed by atoms with Crippen molar-refractivity contribution in [3.05, 3.63) is 71.7 Å². The molecule has 0 unspecified atom stereocenters. The number of nitrogens with one attached hydrogen (secondary N) is 2. The van der Waals surface area contributed by atoms with Gasteiger partial charge in [0.2, 0.25) is 5.76 Å². The highest BCUT2D eigenvalue weighted by Gasteiger charge is 2.15. The first-order chi connectivity index (χ1) is 12.1. The van der Waals surface area contributed by atoms with Crippen molar-refractivity contribution < 1.29 is 18.5 Å². The summed E-state index contributed by atoms with van der Waals surface area (Å²) in [5.41, 5.74) is 1.71. The molecule has 0 atom stereocenters. The fraction of sp³-hybridized carbons (Fsp3) is 0.0556. The molecule has 0 saturated carbocycles. The van der Waals surface area contributed by atoms with Crippen molar-refractivity contribution in [2.75, 3.05) is 12.4 Å². The van der Waals surface area contributed by atoms with E-state index in [1.54, 1.807) is 36.4 Å². The van der Waals surface area contributed by atoms with E-state index in [9.17, 15) is 14.0 Å². The number of benzene rings is 2. The lowest BCUT2D eigenvalue weighted by molar-refractivity contribution is 0.0959. The predicted octanol–water partition coefficient (Wildman–Crippen LogP) is 3.09. The Kier molecular flexibility index (Phi) is 4.56. The summed E-state index contributed by atoms with van der Waals surface area (Å²) < 4.78 is 18.3. The molecule has 6 nitrogen and oxygen atoms in total. The van der Waals surface area contributed by atoms with Gasteiger partial charge in [-0.05, 0) is 30.3 Å². The number of nitrogens with zero attached hydrogens (tertiary/aromatic N) is 1. The first kappa shape index (κ1) is 16.4. The maximum Gasteiger partial charge on any atom is 0.294 e. The van der Waals surface area contributed by atoms with Gasteiger partial charge in [-0.15, -0.1) is 0 Å². The molecule has 7 heteroatoms. The molecular formula is C18H14FN3O3. The van der Waals surface area contributed by atoms with E-state index in [1.807, 2.05) is 0 Å². The molecular weight excluding hydrogens is 325 g/mol. The Bertz CT molecular complexity index is 937. The molecule has 2 amide bonds. The summed E-state index contributed by atoms with van der Waals surface area (Å²) in [4.78, 5) is 23.9. The van der Waals surface area contributed by atoms with E-state index < -0.39 is 11.7 Å². The van der Waals surface area contributed by atoms with E-state index in [1.165, 1.54) is 25.2 Å². The first-order valence-electron chi connectivity index (χ1n) is 7.43. The Balaban J connectivity index is 1.77. The SMILES string of the molecule is CNC(=O)c1cccc(NC(=O)c2cc(-c3cccc(F)c3)no2)c1. The lowest BCUT2D eigenvalue weighted by Crippen LogP contribution is -2.18. The maximum atomic E-state index is 13.3. The van der Waals surface area contributed by atoms with E-state index in [4.69, 9.17) is 4.52 Å². The van der Waals surface area contributed by atoms with Crippen LogP contribution in [-0.2, 0) is 0 Å². The number of carbonyl (C=O) groups is 2. The van der Waals surface area contributed by atoms with Crippen LogP contribution in [0.3, 0.4) is 0 Å². The average molecular weight is 339 g/mol. The van der Waals surface area contributed by atoms with Gasteiger partial charge in [-0.1, -0.05) is 23.4 Å². The largest absolute Gasteiger partial charge is 0.355 e. The summed E-state index contributed by atoms with van der Waals surface area (Å²) in [6, 6.07) is 13.7. The number of carbonyl (C=O) groups excluding carboxylic acids is 2. The van der Waals surface area contributed by atoms with Gasteiger partial charge in [0.1, 0.15) is 11.5 Å². The van der Waals surface area contributed by atoms with Crippen molar-refractivity contribution in [2.24, 2.45) is 0 Å². The first-order valence-corrected chi connectivity index (χ1v) is 7.43. The summed E-state index contributed by atoms with van der Waals surface area (Å²) in [6.07, 6.45) is 0. The summed E-state index contributed by atoms with van der Waals surface area (Å²) in [5, 5.41) is 8.92. The molecule has 0 aliphatic rings. The highest BCUT2D eigenvalue weighted by Crippen LogP contribution is 2.21. The molecule has 0 aliphatic heterocycles. The number of anilines is 1. The second-order valence-electron chi connectivity index (χ2n) is 5.20. The topological polar surface area (TPSA) is 84.2 Å². The molecule has 0 fully saturated rings. The minimum absolute atomic E-state index is 0.0235. The van der Waals surface area contributed by atoms with E-state index in [0.29, 0.717) is 22.5 Å². The van der Waals surface area contributed by atoms with Crippen LogP contribution in [-0.4, -0.2) is 24.0 Å². The van der Waals surface area contributed by atoms with Crippen molar-refractivity contribution in [1.29, 1.82) is 0 Å². The molecule has 0 aliphatic carbocycles. The fourth-order valence-electron chi connectivity index (χ4n) is 2.24. The van der Waals surface area contributed by atoms with Crippen molar-refractivity contribution in [2.45, 2.75) is 0 Å². The van der Waals surface area contributed by atoms with E-state index in [0.717, 1.165) is 0 Å². The van der Waals surface area contributed by atoms with E-state index in [-0.39, 0.29) is 11.7 Å². The average Bonchev–Trinajstić information content (AvgIpc) is 3.11. The monoisotopic (exact) mass is 339 g/mol. The van der Waals surface area contributed by atoms with Crippen LogP contribution >= 0.6 is 0 Å². The highest BCUT2D eigenvalue weighted by molar-refractivity contribution is 6.03. The van der Waals surface area contributed by atoms with E-state index >= 15 is 0 Å². The minimum Gasteiger partial charge on any atom is -0.355 e. The fourth-order valence-corrected chi connectivity index (χ4v) is 2.24. The number of hydrogen-bond acceptors (Lipinski definition) is 4. The molecule has 3 aromatic rings. The van der Waals surface area contributed by atoms with Gasteiger partial charge >= 0.3 is 0 Å². The van der Waals surface area contributed by atoms with Gasteiger partial charge in [0.05, 0.1) is 0 Å². The molecule has 2 N–H and O–H groups in total. The van der Waals surface area contributed by atoms with Crippen LogP contribution < -0.4 is 10.6 Å². The molecule has 1 heterocycles. The Morgan fingerprint density at radius 2 is 1.84 bits per heavy atom. The predicted molar refractivity (Wildman–Crippen MR) is 89.7 cm³/mol. The molecule has 1 aromatic heterocycles. The summed E-state index contributed by atoms with van der Waals surface area (Å²) >= 11 is 0. The molecule has 3 rings (SSSR count). The molecule has 2 aromatic carbocycles. The Labute approximate surface area is 142 Å². The molecule has 0 spiro atoms. The van der Waals surface area contributed by atoms with Gasteiger partial charge in [0.15, 0.2) is 0 Å². The van der Waals surface area contributed by atoms with Gasteiger partial charge in [-0.25, -0.2) is 4.39 Å². The number of amides is 2. The van der Waals surface area contributed by atoms with Crippen LogP contribution in [0.5, 0.6) is 0 Å². The van der Waals surface area contributed by atoms with Gasteiger partial charge in [-0.3, -0.25) is 9.59 Å². The van der Waals surface area contributed by atoms with Crippen LogP contribution in [0.2, 0.25) is 0 Å². The van der Waals surface area contributed by atoms with Crippen molar-refractivity contribution in [3.63, 3.8) is 0 Å². The van der Waals surface area contributed by atoms with Crippen molar-refractivity contribution >= 4 is 17.5 Å². The third-order valence-electron chi connectivity index (χ3n) is 3.46. The second kappa shape index (κ2) is 6.96. The quantitative estimate of drug-likeness (QED) is 0.765. The van der Waals surface area contributed by atoms with Crippen LogP contribution in [0.4, 0.5) is 10.1 Å². The lowest BCUT2D eigenvalue weighted by atomic mass is 10.1. The number of rotatable bonds is 4. The molecule has 25 heavy (non-hydrogen) atoms. The smallest absolute Gasteiger partial charge is 0.294 e. The minimum atomic E-state index is -0.524. The Hall–Kier alpha value is -3.48. The van der Waals surface area contributed by atoms with Gasteiger partial charge < -0.3 is 15.2 Å². The van der Waals surface area contributed by atoms with Crippen LogP contribution in [0.25, 0.3) is 11.3 Å². The molecule has 0 saturated heterocycles. The maximum absolute atomic E-state index is 13.3. The Morgan fingerprint density at radius 3 is 2.60 bits per heavy atom. The van der Waals surface area contributed by atoms with Crippen molar-refractivity contribution in [3.8, 4) is 11.3 Å². The molecule has 0 radical (unpaired) electrons. The van der Waals surface area contributed by atoms with Crippen LogP contribution in [0.15, 0.2) is 59.1 Å². The second-order valence-corrected chi connectivity index (χ2v) is 5.20. The van der Waals surface area contributed by atoms with Gasteiger partial charge in [0.25, 0.3) is 11.8 Å². The highest BCUT2D eigenvalue weighted by atomic mass is 19.1. The number of aromatic nitrogens is 1. The standard InChI is InChI=1S/C18H14FN3O3/c1-20-17(23)12-5-3-7-14(9-12)21-18(24)16-10-15(22-25-16)11-4-2-6-13(19)8-11/h2-10H,1H3,(H,20,23)(H,21,24). The zero-order valence-electron chi connectivity index (χ0n) is 13.2. The third kappa shape index (κ3) is 3.72. The number of halogens is 1. The normalized spacial score (nSPS) is 10.3. The van der Waals surface area contributed by atoms with E-state index in [2.05, 4.69) is 15.8 Å². The van der Waals surface area contributed by atoms with Gasteiger partial charge in [-0.2, -0.15) is 0 Å². The molecule has 126 valence electrons. The summed E-state index contributed by atoms with van der Waals surface area (Å²) in [5.74, 6) is -1.21. The summed E-state index contributed by atoms with van der Waals surface area (Å²) in [6.45, 7) is 0.